The van der Waals surface area contributed by atoms with Crippen molar-refractivity contribution in [3.8, 4) is 0 Å². The maximum atomic E-state index is 11.7. The van der Waals surface area contributed by atoms with E-state index in [-0.39, 0.29) is 11.7 Å². The van der Waals surface area contributed by atoms with Gasteiger partial charge < -0.3 is 10.9 Å². The molecule has 0 saturated carbocycles. The van der Waals surface area contributed by atoms with Crippen molar-refractivity contribution in [3.05, 3.63) is 59.7 Å². The highest BCUT2D eigenvalue weighted by Gasteiger charge is 2.07. The Morgan fingerprint density at radius 1 is 1.38 bits per heavy atom. The van der Waals surface area contributed by atoms with Gasteiger partial charge in [-0.25, -0.2) is 5.43 Å². The summed E-state index contributed by atoms with van der Waals surface area (Å²) >= 11 is 1.24. The second-order valence-corrected chi connectivity index (χ2v) is 4.93. The SMILES string of the molecule is N/C(CSc1cccc[n+]1[O-])=N\NC(=O)c1ccncc1. The number of carbonyl (C=O) groups is 1. The molecule has 0 bridgehead atoms. The van der Waals surface area contributed by atoms with Crippen LogP contribution in [0, 0.1) is 5.21 Å². The monoisotopic (exact) mass is 303 g/mol. The predicted molar refractivity (Wildman–Crippen MR) is 79.5 cm³/mol. The van der Waals surface area contributed by atoms with Crippen LogP contribution in [0.5, 0.6) is 0 Å². The molecular formula is C13H13N5O2S. The molecule has 0 aliphatic heterocycles. The molecule has 0 aliphatic carbocycles. The van der Waals surface area contributed by atoms with Gasteiger partial charge >= 0.3 is 0 Å². The third-order valence-corrected chi connectivity index (χ3v) is 3.45. The van der Waals surface area contributed by atoms with E-state index < -0.39 is 0 Å². The first-order chi connectivity index (χ1) is 10.2. The third kappa shape index (κ3) is 4.46. The smallest absolute Gasteiger partial charge is 0.271 e. The van der Waals surface area contributed by atoms with Crippen molar-refractivity contribution < 1.29 is 9.52 Å². The van der Waals surface area contributed by atoms with Gasteiger partial charge in [-0.3, -0.25) is 9.78 Å². The van der Waals surface area contributed by atoms with E-state index in [0.717, 1.165) is 4.73 Å². The van der Waals surface area contributed by atoms with Crippen LogP contribution >= 0.6 is 11.8 Å². The maximum Gasteiger partial charge on any atom is 0.271 e. The van der Waals surface area contributed by atoms with Crippen molar-refractivity contribution in [1.29, 1.82) is 0 Å². The van der Waals surface area contributed by atoms with Gasteiger partial charge in [-0.05, 0) is 30.0 Å². The Hall–Kier alpha value is -2.61. The fourth-order valence-corrected chi connectivity index (χ4v) is 2.12. The van der Waals surface area contributed by atoms with Crippen molar-refractivity contribution in [1.82, 2.24) is 10.4 Å². The first-order valence-corrected chi connectivity index (χ1v) is 6.99. The molecule has 1 amide bonds. The lowest BCUT2D eigenvalue weighted by molar-refractivity contribution is -0.645. The Morgan fingerprint density at radius 3 is 2.86 bits per heavy atom. The summed E-state index contributed by atoms with van der Waals surface area (Å²) in [4.78, 5) is 15.5. The molecule has 0 radical (unpaired) electrons. The van der Waals surface area contributed by atoms with Crippen molar-refractivity contribution in [2.24, 2.45) is 10.8 Å². The fourth-order valence-electron chi connectivity index (χ4n) is 1.39. The molecule has 0 atom stereocenters. The lowest BCUT2D eigenvalue weighted by Crippen LogP contribution is -2.29. The second kappa shape index (κ2) is 7.25. The maximum absolute atomic E-state index is 11.7. The average molecular weight is 303 g/mol. The normalized spacial score (nSPS) is 11.1. The van der Waals surface area contributed by atoms with Gasteiger partial charge in [0.05, 0.1) is 5.75 Å². The number of carbonyl (C=O) groups excluding carboxylic acids is 1. The van der Waals surface area contributed by atoms with Gasteiger partial charge in [0.25, 0.3) is 10.9 Å². The molecule has 21 heavy (non-hydrogen) atoms. The number of pyridine rings is 2. The van der Waals surface area contributed by atoms with Crippen molar-refractivity contribution in [2.45, 2.75) is 5.03 Å². The topological polar surface area (TPSA) is 107 Å². The van der Waals surface area contributed by atoms with Gasteiger partial charge in [-0.1, -0.05) is 0 Å². The number of hydrogen-bond acceptors (Lipinski definition) is 5. The van der Waals surface area contributed by atoms with Gasteiger partial charge in [0.15, 0.2) is 6.20 Å². The molecule has 0 aliphatic rings. The number of amidine groups is 1. The summed E-state index contributed by atoms with van der Waals surface area (Å²) in [7, 11) is 0. The minimum Gasteiger partial charge on any atom is -0.618 e. The molecular weight excluding hydrogens is 290 g/mol. The molecule has 0 unspecified atom stereocenters. The van der Waals surface area contributed by atoms with Crippen LogP contribution in [-0.2, 0) is 0 Å². The fraction of sp³-hybridized carbons (Fsp3) is 0.0769. The summed E-state index contributed by atoms with van der Waals surface area (Å²) in [5, 5.41) is 15.7. The van der Waals surface area contributed by atoms with E-state index in [0.29, 0.717) is 16.3 Å². The quantitative estimate of drug-likeness (QED) is 0.209. The Balaban J connectivity index is 1.87. The van der Waals surface area contributed by atoms with Gasteiger partial charge in [0.2, 0.25) is 0 Å². The highest BCUT2D eigenvalue weighted by atomic mass is 32.2. The van der Waals surface area contributed by atoms with Gasteiger partial charge in [0, 0.05) is 30.1 Å². The highest BCUT2D eigenvalue weighted by Crippen LogP contribution is 2.11. The summed E-state index contributed by atoms with van der Waals surface area (Å²) in [5.41, 5.74) is 8.48. The number of rotatable bonds is 5. The summed E-state index contributed by atoms with van der Waals surface area (Å²) in [6, 6.07) is 8.22. The third-order valence-electron chi connectivity index (χ3n) is 2.40. The summed E-state index contributed by atoms with van der Waals surface area (Å²) in [6.45, 7) is 0. The van der Waals surface area contributed by atoms with Crippen LogP contribution in [-0.4, -0.2) is 22.5 Å². The zero-order valence-corrected chi connectivity index (χ0v) is 11.8. The van der Waals surface area contributed by atoms with Crippen LogP contribution in [0.4, 0.5) is 0 Å². The number of nitrogens with zero attached hydrogens (tertiary/aromatic N) is 3. The Labute approximate surface area is 125 Å². The number of thioether (sulfide) groups is 1. The largest absolute Gasteiger partial charge is 0.618 e. The summed E-state index contributed by atoms with van der Waals surface area (Å²) in [6.07, 6.45) is 4.43. The molecule has 2 aromatic rings. The Morgan fingerprint density at radius 2 is 2.14 bits per heavy atom. The Kier molecular flexibility index (Phi) is 5.10. The number of hydrogen-bond donors (Lipinski definition) is 2. The zero-order chi connectivity index (χ0) is 15.1. The molecule has 0 fully saturated rings. The predicted octanol–water partition coefficient (Wildman–Crippen LogP) is 0.509. The van der Waals surface area contributed by atoms with Crippen molar-refractivity contribution in [3.63, 3.8) is 0 Å². The first kappa shape index (κ1) is 14.8. The van der Waals surface area contributed by atoms with E-state index in [2.05, 4.69) is 15.5 Å². The van der Waals surface area contributed by atoms with Crippen molar-refractivity contribution >= 4 is 23.5 Å². The highest BCUT2D eigenvalue weighted by molar-refractivity contribution is 7.99. The molecule has 108 valence electrons. The summed E-state index contributed by atoms with van der Waals surface area (Å²) < 4.78 is 0.744. The van der Waals surface area contributed by atoms with Crippen molar-refractivity contribution in [2.75, 3.05) is 5.75 Å². The molecule has 3 N–H and O–H groups in total. The minimum absolute atomic E-state index is 0.214. The molecule has 0 aromatic carbocycles. The van der Waals surface area contributed by atoms with E-state index in [1.54, 1.807) is 30.3 Å². The van der Waals surface area contributed by atoms with Crippen LogP contribution in [0.2, 0.25) is 0 Å². The first-order valence-electron chi connectivity index (χ1n) is 6.00. The van der Waals surface area contributed by atoms with E-state index >= 15 is 0 Å². The van der Waals surface area contributed by atoms with Crippen LogP contribution in [0.15, 0.2) is 59.0 Å². The lowest BCUT2D eigenvalue weighted by Gasteiger charge is -2.03. The minimum atomic E-state index is -0.371. The number of nitrogens with one attached hydrogen (secondary N) is 1. The lowest BCUT2D eigenvalue weighted by atomic mass is 10.3. The van der Waals surface area contributed by atoms with E-state index in [9.17, 15) is 10.0 Å². The summed E-state index contributed by atoms with van der Waals surface area (Å²) in [5.74, 6) is 0.137. The zero-order valence-electron chi connectivity index (χ0n) is 11.0. The van der Waals surface area contributed by atoms with Gasteiger partial charge in [-0.15, -0.1) is 0 Å². The molecule has 8 heteroatoms. The van der Waals surface area contributed by atoms with E-state index in [4.69, 9.17) is 5.73 Å². The van der Waals surface area contributed by atoms with Gasteiger partial charge in [0.1, 0.15) is 5.84 Å². The van der Waals surface area contributed by atoms with Crippen LogP contribution in [0.3, 0.4) is 0 Å². The van der Waals surface area contributed by atoms with E-state index in [1.165, 1.54) is 30.4 Å². The standard InChI is InChI=1S/C13H13N5O2S/c14-11(9-21-12-3-1-2-8-18(12)20)16-17-13(19)10-4-6-15-7-5-10/h1-8H,9H2,(H2,14,16)(H,17,19). The Bertz CT molecular complexity index is 648. The molecule has 2 aromatic heterocycles. The molecule has 2 rings (SSSR count). The molecule has 7 nitrogen and oxygen atoms in total. The molecule has 2 heterocycles. The number of amides is 1. The number of nitrogens with two attached hydrogens (primary N) is 1. The second-order valence-electron chi connectivity index (χ2n) is 3.93. The van der Waals surface area contributed by atoms with Crippen LogP contribution < -0.4 is 15.9 Å². The van der Waals surface area contributed by atoms with Crippen LogP contribution in [0.1, 0.15) is 10.4 Å². The van der Waals surface area contributed by atoms with E-state index in [1.807, 2.05) is 0 Å². The molecule has 0 saturated heterocycles. The van der Waals surface area contributed by atoms with Gasteiger partial charge in [-0.2, -0.15) is 9.83 Å². The average Bonchev–Trinajstić information content (AvgIpc) is 2.52. The number of aromatic nitrogens is 2. The molecule has 0 spiro atoms. The number of hydrazone groups is 1. The van der Waals surface area contributed by atoms with Crippen LogP contribution in [0.25, 0.3) is 0 Å².